The lowest BCUT2D eigenvalue weighted by Crippen LogP contribution is -2.46. The maximum absolute atomic E-state index is 12.3. The van der Waals surface area contributed by atoms with Crippen molar-refractivity contribution in [2.45, 2.75) is 58.3 Å². The molecule has 1 fully saturated rings. The monoisotopic (exact) mass is 337 g/mol. The smallest absolute Gasteiger partial charge is 0.410 e. The number of aliphatic hydroxyl groups is 1. The van der Waals surface area contributed by atoms with Gasteiger partial charge in [0.25, 0.3) is 0 Å². The Balaban J connectivity index is 1.95. The molecule has 1 aromatic carbocycles. The van der Waals surface area contributed by atoms with E-state index in [-0.39, 0.29) is 18.4 Å². The van der Waals surface area contributed by atoms with Gasteiger partial charge in [0.1, 0.15) is 18.3 Å². The van der Waals surface area contributed by atoms with Crippen LogP contribution >= 0.6 is 0 Å². The molecule has 2 rings (SSSR count). The number of rotatable bonds is 4. The van der Waals surface area contributed by atoms with Crippen LogP contribution in [0.5, 0.6) is 11.5 Å². The second-order valence-corrected chi connectivity index (χ2v) is 7.23. The van der Waals surface area contributed by atoms with Crippen LogP contribution in [0.15, 0.2) is 18.2 Å². The van der Waals surface area contributed by atoms with Crippen LogP contribution in [0.3, 0.4) is 0 Å². The molecule has 24 heavy (non-hydrogen) atoms. The summed E-state index contributed by atoms with van der Waals surface area (Å²) in [7, 11) is 0. The summed E-state index contributed by atoms with van der Waals surface area (Å²) in [4.78, 5) is 13.8. The second kappa shape index (κ2) is 7.30. The first-order chi connectivity index (χ1) is 11.2. The van der Waals surface area contributed by atoms with Crippen molar-refractivity contribution in [1.29, 1.82) is 0 Å². The summed E-state index contributed by atoms with van der Waals surface area (Å²) in [5.74, 6) is 0.360. The van der Waals surface area contributed by atoms with Gasteiger partial charge in [-0.1, -0.05) is 6.07 Å². The Labute approximate surface area is 143 Å². The highest BCUT2D eigenvalue weighted by Crippen LogP contribution is 2.28. The van der Waals surface area contributed by atoms with E-state index in [1.54, 1.807) is 17.0 Å². The van der Waals surface area contributed by atoms with Crippen LogP contribution in [0.25, 0.3) is 0 Å². The van der Waals surface area contributed by atoms with Crippen molar-refractivity contribution in [2.75, 3.05) is 13.2 Å². The largest absolute Gasteiger partial charge is 0.504 e. The summed E-state index contributed by atoms with van der Waals surface area (Å²) in [6.45, 7) is 7.88. The maximum Gasteiger partial charge on any atom is 0.410 e. The lowest BCUT2D eigenvalue weighted by atomic mass is 10.1. The molecule has 0 bridgehead atoms. The number of hydrogen-bond donors (Lipinski definition) is 2. The van der Waals surface area contributed by atoms with Gasteiger partial charge in [0.05, 0.1) is 6.04 Å². The zero-order valence-electron chi connectivity index (χ0n) is 14.8. The van der Waals surface area contributed by atoms with Crippen LogP contribution in [-0.4, -0.2) is 52.1 Å². The number of carbonyl (C=O) groups is 1. The molecule has 134 valence electrons. The Morgan fingerprint density at radius 3 is 2.75 bits per heavy atom. The molecule has 2 atom stereocenters. The molecule has 6 heteroatoms. The lowest BCUT2D eigenvalue weighted by molar-refractivity contribution is -0.00374. The Morgan fingerprint density at radius 2 is 2.12 bits per heavy atom. The van der Waals surface area contributed by atoms with Crippen LogP contribution in [0.4, 0.5) is 4.79 Å². The average molecular weight is 337 g/mol. The van der Waals surface area contributed by atoms with Gasteiger partial charge in [-0.15, -0.1) is 0 Å². The molecule has 1 amide bonds. The third-order valence-corrected chi connectivity index (χ3v) is 3.90. The fraction of sp³-hybridized carbons (Fsp3) is 0.611. The molecule has 2 N–H and O–H groups in total. The van der Waals surface area contributed by atoms with Gasteiger partial charge in [-0.25, -0.2) is 4.79 Å². The van der Waals surface area contributed by atoms with Gasteiger partial charge in [-0.2, -0.15) is 0 Å². The number of hydrogen-bond acceptors (Lipinski definition) is 5. The van der Waals surface area contributed by atoms with Crippen LogP contribution in [0, 0.1) is 6.92 Å². The number of nitrogens with zero attached hydrogens (tertiary/aromatic N) is 1. The topological polar surface area (TPSA) is 79.2 Å². The minimum Gasteiger partial charge on any atom is -0.504 e. The molecule has 0 radical (unpaired) electrons. The van der Waals surface area contributed by atoms with E-state index in [0.717, 1.165) is 12.0 Å². The van der Waals surface area contributed by atoms with E-state index in [9.17, 15) is 15.0 Å². The van der Waals surface area contributed by atoms with E-state index in [4.69, 9.17) is 9.47 Å². The molecule has 1 aromatic rings. The minimum atomic E-state index is -0.847. The summed E-state index contributed by atoms with van der Waals surface area (Å²) in [5, 5.41) is 20.3. The molecule has 1 heterocycles. The highest BCUT2D eigenvalue weighted by Gasteiger charge is 2.36. The number of aliphatic hydroxyl groups excluding tert-OH is 1. The number of carbonyl (C=O) groups excluding carboxylic acids is 1. The highest BCUT2D eigenvalue weighted by molar-refractivity contribution is 5.69. The first kappa shape index (κ1) is 18.4. The van der Waals surface area contributed by atoms with E-state index < -0.39 is 17.8 Å². The van der Waals surface area contributed by atoms with E-state index in [2.05, 4.69) is 0 Å². The zero-order valence-corrected chi connectivity index (χ0v) is 14.8. The van der Waals surface area contributed by atoms with E-state index in [1.165, 1.54) is 0 Å². The Hall–Kier alpha value is -1.95. The predicted octanol–water partition coefficient (Wildman–Crippen LogP) is 2.84. The number of aromatic hydroxyl groups is 1. The number of likely N-dealkylation sites (tertiary alicyclic amines) is 1. The molecule has 1 saturated heterocycles. The SMILES string of the molecule is Cc1ccc(OC[C@@H](O)[C@@H]2CCCN2C(=O)OC(C)(C)C)c(O)c1. The number of ether oxygens (including phenoxy) is 2. The average Bonchev–Trinajstić information content (AvgIpc) is 2.93. The first-order valence-electron chi connectivity index (χ1n) is 8.27. The molecule has 0 saturated carbocycles. The van der Waals surface area contributed by atoms with Gasteiger partial charge in [-0.05, 0) is 58.2 Å². The van der Waals surface area contributed by atoms with Crippen molar-refractivity contribution in [3.8, 4) is 11.5 Å². The summed E-state index contributed by atoms with van der Waals surface area (Å²) in [5.41, 5.74) is 0.353. The molecule has 1 aliphatic heterocycles. The standard InChI is InChI=1S/C18H27NO5/c1-12-7-8-16(14(20)10-12)23-11-15(21)13-6-5-9-19(13)17(22)24-18(2,3)4/h7-8,10,13,15,20-21H,5-6,9,11H2,1-4H3/t13-,15+/m0/s1. The van der Waals surface area contributed by atoms with Crippen LogP contribution in [0.1, 0.15) is 39.2 Å². The van der Waals surface area contributed by atoms with Gasteiger partial charge in [0, 0.05) is 6.54 Å². The molecule has 0 aliphatic carbocycles. The quantitative estimate of drug-likeness (QED) is 0.883. The van der Waals surface area contributed by atoms with Crippen molar-refractivity contribution in [3.63, 3.8) is 0 Å². The molecule has 6 nitrogen and oxygen atoms in total. The Bertz CT molecular complexity index is 581. The number of amides is 1. The van der Waals surface area contributed by atoms with E-state index in [1.807, 2.05) is 33.8 Å². The van der Waals surface area contributed by atoms with Crippen LogP contribution in [0.2, 0.25) is 0 Å². The summed E-state index contributed by atoms with van der Waals surface area (Å²) in [6.07, 6.45) is 0.253. The third-order valence-electron chi connectivity index (χ3n) is 3.90. The first-order valence-corrected chi connectivity index (χ1v) is 8.27. The van der Waals surface area contributed by atoms with Gasteiger partial charge in [0.15, 0.2) is 11.5 Å². The lowest BCUT2D eigenvalue weighted by Gasteiger charge is -2.31. The Morgan fingerprint density at radius 1 is 1.42 bits per heavy atom. The molecule has 0 unspecified atom stereocenters. The molecule has 0 aromatic heterocycles. The van der Waals surface area contributed by atoms with Gasteiger partial charge >= 0.3 is 6.09 Å². The molecule has 0 spiro atoms. The van der Waals surface area contributed by atoms with Crippen molar-refractivity contribution in [3.05, 3.63) is 23.8 Å². The normalized spacial score (nSPS) is 19.2. The summed E-state index contributed by atoms with van der Waals surface area (Å²) in [6, 6.07) is 4.75. The number of aryl methyl sites for hydroxylation is 1. The van der Waals surface area contributed by atoms with Crippen LogP contribution < -0.4 is 4.74 Å². The van der Waals surface area contributed by atoms with Gasteiger partial charge < -0.3 is 24.6 Å². The van der Waals surface area contributed by atoms with Gasteiger partial charge in [-0.3, -0.25) is 0 Å². The zero-order chi connectivity index (χ0) is 17.9. The van der Waals surface area contributed by atoms with Crippen molar-refractivity contribution in [1.82, 2.24) is 4.90 Å². The van der Waals surface area contributed by atoms with Crippen molar-refractivity contribution < 1.29 is 24.5 Å². The highest BCUT2D eigenvalue weighted by atomic mass is 16.6. The van der Waals surface area contributed by atoms with E-state index in [0.29, 0.717) is 18.7 Å². The molecule has 1 aliphatic rings. The summed E-state index contributed by atoms with van der Waals surface area (Å²) >= 11 is 0. The molecular formula is C18H27NO5. The third kappa shape index (κ3) is 4.77. The van der Waals surface area contributed by atoms with Crippen LogP contribution in [-0.2, 0) is 4.74 Å². The maximum atomic E-state index is 12.3. The molecular weight excluding hydrogens is 310 g/mol. The van der Waals surface area contributed by atoms with Gasteiger partial charge in [0.2, 0.25) is 0 Å². The fourth-order valence-electron chi connectivity index (χ4n) is 2.78. The summed E-state index contributed by atoms with van der Waals surface area (Å²) < 4.78 is 10.9. The van der Waals surface area contributed by atoms with Crippen molar-refractivity contribution in [2.24, 2.45) is 0 Å². The number of phenolic OH excluding ortho intramolecular Hbond substituents is 1. The Kier molecular flexibility index (Phi) is 5.59. The fourth-order valence-corrected chi connectivity index (χ4v) is 2.78. The van der Waals surface area contributed by atoms with Crippen molar-refractivity contribution >= 4 is 6.09 Å². The number of phenols is 1. The number of benzene rings is 1. The minimum absolute atomic E-state index is 0.000581. The second-order valence-electron chi connectivity index (χ2n) is 7.23. The van der Waals surface area contributed by atoms with E-state index >= 15 is 0 Å². The predicted molar refractivity (Wildman–Crippen MR) is 90.3 cm³/mol.